The van der Waals surface area contributed by atoms with Crippen LogP contribution in [-0.4, -0.2) is 45.4 Å². The molecule has 24 heavy (non-hydrogen) atoms. The van der Waals surface area contributed by atoms with Crippen molar-refractivity contribution in [2.24, 2.45) is 10.4 Å². The van der Waals surface area contributed by atoms with Gasteiger partial charge in [0.2, 0.25) is 0 Å². The first-order valence-electron chi connectivity index (χ1n) is 8.00. The lowest BCUT2D eigenvalue weighted by Gasteiger charge is -2.38. The molecule has 1 heterocycles. The van der Waals surface area contributed by atoms with Crippen molar-refractivity contribution in [1.82, 2.24) is 10.6 Å². The molecule has 0 saturated carbocycles. The van der Waals surface area contributed by atoms with Crippen molar-refractivity contribution in [3.8, 4) is 5.75 Å². The Morgan fingerprint density at radius 1 is 1.38 bits per heavy atom. The molecule has 0 aliphatic carbocycles. The summed E-state index contributed by atoms with van der Waals surface area (Å²) in [5.41, 5.74) is 0.204. The second-order valence-electron chi connectivity index (χ2n) is 6.19. The number of aliphatic imine (C=N–C) groups is 1. The van der Waals surface area contributed by atoms with Gasteiger partial charge in [0, 0.05) is 19.0 Å². The highest BCUT2D eigenvalue weighted by molar-refractivity contribution is 14.0. The fourth-order valence-corrected chi connectivity index (χ4v) is 2.45. The van der Waals surface area contributed by atoms with Gasteiger partial charge in [0.1, 0.15) is 11.9 Å². The molecule has 5 nitrogen and oxygen atoms in total. The molecule has 0 aromatic heterocycles. The summed E-state index contributed by atoms with van der Waals surface area (Å²) in [6, 6.07) is 7.53. The Morgan fingerprint density at radius 3 is 2.62 bits per heavy atom. The Kier molecular flexibility index (Phi) is 9.15. The third-order valence-corrected chi connectivity index (χ3v) is 4.20. The van der Waals surface area contributed by atoms with E-state index in [1.807, 2.05) is 24.3 Å². The summed E-state index contributed by atoms with van der Waals surface area (Å²) in [4.78, 5) is 4.25. The lowest BCUT2D eigenvalue weighted by molar-refractivity contribution is -0.0971. The lowest BCUT2D eigenvalue weighted by atomic mass is 9.89. The minimum atomic E-state index is 0. The normalized spacial score (nSPS) is 17.2. The van der Waals surface area contributed by atoms with Crippen LogP contribution in [0.15, 0.2) is 29.3 Å². The van der Waals surface area contributed by atoms with Crippen LogP contribution in [0.1, 0.15) is 20.3 Å². The highest BCUT2D eigenvalue weighted by Crippen LogP contribution is 2.25. The van der Waals surface area contributed by atoms with E-state index in [0.717, 1.165) is 32.1 Å². The van der Waals surface area contributed by atoms with E-state index < -0.39 is 0 Å². The summed E-state index contributed by atoms with van der Waals surface area (Å²) in [7, 11) is 1.77. The molecule has 1 unspecified atom stereocenters. The van der Waals surface area contributed by atoms with Gasteiger partial charge >= 0.3 is 0 Å². The molecule has 1 fully saturated rings. The van der Waals surface area contributed by atoms with E-state index >= 15 is 0 Å². The molecule has 1 atom stereocenters. The predicted molar refractivity (Wildman–Crippen MR) is 110 cm³/mol. The number of rotatable bonds is 7. The smallest absolute Gasteiger partial charge is 0.191 e. The maximum Gasteiger partial charge on any atom is 0.191 e. The highest BCUT2D eigenvalue weighted by Gasteiger charge is 2.33. The highest BCUT2D eigenvalue weighted by atomic mass is 127. The van der Waals surface area contributed by atoms with Gasteiger partial charge in [0.05, 0.1) is 24.8 Å². The van der Waals surface area contributed by atoms with Crippen LogP contribution < -0.4 is 15.4 Å². The van der Waals surface area contributed by atoms with Crippen LogP contribution in [0.2, 0.25) is 5.02 Å². The van der Waals surface area contributed by atoms with Gasteiger partial charge in [0.25, 0.3) is 0 Å². The minimum absolute atomic E-state index is 0. The van der Waals surface area contributed by atoms with Gasteiger partial charge in [-0.1, -0.05) is 37.6 Å². The van der Waals surface area contributed by atoms with E-state index in [9.17, 15) is 0 Å². The maximum atomic E-state index is 6.14. The van der Waals surface area contributed by atoms with Crippen LogP contribution in [0.4, 0.5) is 0 Å². The standard InChI is InChI=1S/C17H26ClN3O2.HI/c1-4-13(23-15-8-6-5-7-14(15)18)9-20-16(19-3)21-10-17(2)11-22-12-17;/h5-8,13H,4,9-12H2,1-3H3,(H2,19,20,21);1H. The zero-order valence-electron chi connectivity index (χ0n) is 14.5. The molecule has 0 amide bonds. The summed E-state index contributed by atoms with van der Waals surface area (Å²) < 4.78 is 11.2. The van der Waals surface area contributed by atoms with E-state index in [4.69, 9.17) is 21.1 Å². The fraction of sp³-hybridized carbons (Fsp3) is 0.588. The number of guanidine groups is 1. The summed E-state index contributed by atoms with van der Waals surface area (Å²) in [6.45, 7) is 7.39. The van der Waals surface area contributed by atoms with Gasteiger partial charge in [-0.2, -0.15) is 0 Å². The molecular formula is C17H27ClIN3O2. The second kappa shape index (κ2) is 10.3. The molecule has 1 aliphatic heterocycles. The summed E-state index contributed by atoms with van der Waals surface area (Å²) in [5.74, 6) is 1.49. The van der Waals surface area contributed by atoms with E-state index in [1.165, 1.54) is 0 Å². The summed E-state index contributed by atoms with van der Waals surface area (Å²) in [6.07, 6.45) is 0.900. The minimum Gasteiger partial charge on any atom is -0.487 e. The molecule has 136 valence electrons. The van der Waals surface area contributed by atoms with Gasteiger partial charge in [0.15, 0.2) is 5.96 Å². The van der Waals surface area contributed by atoms with Crippen LogP contribution in [0.3, 0.4) is 0 Å². The van der Waals surface area contributed by atoms with Gasteiger partial charge < -0.3 is 20.1 Å². The monoisotopic (exact) mass is 467 g/mol. The third-order valence-electron chi connectivity index (χ3n) is 3.89. The van der Waals surface area contributed by atoms with E-state index in [2.05, 4.69) is 29.5 Å². The Morgan fingerprint density at radius 2 is 2.08 bits per heavy atom. The first kappa shape index (κ1) is 21.3. The van der Waals surface area contributed by atoms with Crippen molar-refractivity contribution in [2.45, 2.75) is 26.4 Å². The molecule has 1 aromatic rings. The molecule has 1 aliphatic rings. The number of halogens is 2. The Hall–Kier alpha value is -0.730. The number of nitrogens with one attached hydrogen (secondary N) is 2. The zero-order chi connectivity index (χ0) is 16.7. The Labute approximate surface area is 166 Å². The van der Waals surface area contributed by atoms with Gasteiger partial charge in [-0.3, -0.25) is 4.99 Å². The molecule has 2 N–H and O–H groups in total. The maximum absolute atomic E-state index is 6.14. The van der Waals surface area contributed by atoms with Crippen molar-refractivity contribution < 1.29 is 9.47 Å². The molecule has 0 spiro atoms. The van der Waals surface area contributed by atoms with Crippen molar-refractivity contribution in [2.75, 3.05) is 33.4 Å². The summed E-state index contributed by atoms with van der Waals surface area (Å²) >= 11 is 6.14. The first-order valence-corrected chi connectivity index (χ1v) is 8.37. The first-order chi connectivity index (χ1) is 11.1. The van der Waals surface area contributed by atoms with Crippen LogP contribution in [-0.2, 0) is 4.74 Å². The third kappa shape index (κ3) is 6.29. The topological polar surface area (TPSA) is 54.9 Å². The molecule has 7 heteroatoms. The van der Waals surface area contributed by atoms with E-state index in [1.54, 1.807) is 7.05 Å². The second-order valence-corrected chi connectivity index (χ2v) is 6.60. The zero-order valence-corrected chi connectivity index (χ0v) is 17.6. The molecule has 1 saturated heterocycles. The molecular weight excluding hydrogens is 441 g/mol. The van der Waals surface area contributed by atoms with Crippen LogP contribution in [0.5, 0.6) is 5.75 Å². The van der Waals surface area contributed by atoms with Gasteiger partial charge in [-0.05, 0) is 18.6 Å². The molecule has 1 aromatic carbocycles. The molecule has 2 rings (SSSR count). The fourth-order valence-electron chi connectivity index (χ4n) is 2.27. The van der Waals surface area contributed by atoms with Crippen molar-refractivity contribution in [3.05, 3.63) is 29.3 Å². The van der Waals surface area contributed by atoms with Gasteiger partial charge in [-0.15, -0.1) is 24.0 Å². The molecule has 0 radical (unpaired) electrons. The van der Waals surface area contributed by atoms with Crippen molar-refractivity contribution in [3.63, 3.8) is 0 Å². The van der Waals surface area contributed by atoms with Crippen LogP contribution in [0.25, 0.3) is 0 Å². The summed E-state index contributed by atoms with van der Waals surface area (Å²) in [5, 5.41) is 7.29. The van der Waals surface area contributed by atoms with E-state index in [-0.39, 0.29) is 35.5 Å². The molecule has 0 bridgehead atoms. The Bertz CT molecular complexity index is 538. The largest absolute Gasteiger partial charge is 0.487 e. The number of benzene rings is 1. The van der Waals surface area contributed by atoms with Crippen LogP contribution >= 0.6 is 35.6 Å². The number of hydrogen-bond acceptors (Lipinski definition) is 3. The van der Waals surface area contributed by atoms with Crippen LogP contribution in [0, 0.1) is 5.41 Å². The van der Waals surface area contributed by atoms with Gasteiger partial charge in [-0.25, -0.2) is 0 Å². The number of nitrogens with zero attached hydrogens (tertiary/aromatic N) is 1. The number of para-hydroxylation sites is 1. The Balaban J connectivity index is 0.00000288. The van der Waals surface area contributed by atoms with E-state index in [0.29, 0.717) is 17.3 Å². The number of hydrogen-bond donors (Lipinski definition) is 2. The quantitative estimate of drug-likeness (QED) is 0.367. The predicted octanol–water partition coefficient (Wildman–Crippen LogP) is 3.32. The number of ether oxygens (including phenoxy) is 2. The lowest BCUT2D eigenvalue weighted by Crippen LogP contribution is -2.51. The average molecular weight is 468 g/mol. The SMILES string of the molecule is CCC(CNC(=NC)NCC1(C)COC1)Oc1ccccc1Cl.I. The van der Waals surface area contributed by atoms with Crippen molar-refractivity contribution in [1.29, 1.82) is 0 Å². The average Bonchev–Trinajstić information content (AvgIpc) is 2.53. The van der Waals surface area contributed by atoms with Crippen molar-refractivity contribution >= 4 is 41.5 Å².